The molecule has 0 aromatic rings. The lowest BCUT2D eigenvalue weighted by Gasteiger charge is -2.46. The van der Waals surface area contributed by atoms with Gasteiger partial charge in [0.25, 0.3) is 0 Å². The summed E-state index contributed by atoms with van der Waals surface area (Å²) in [6, 6.07) is 0. The molecule has 5 heteroatoms. The van der Waals surface area contributed by atoms with E-state index in [4.69, 9.17) is 12.2 Å². The third-order valence-corrected chi connectivity index (χ3v) is 5.52. The van der Waals surface area contributed by atoms with Gasteiger partial charge in [-0.25, -0.2) is 10.9 Å². The van der Waals surface area contributed by atoms with Crippen molar-refractivity contribution in [2.45, 2.75) is 37.8 Å². The van der Waals surface area contributed by atoms with E-state index >= 15 is 0 Å². The molecule has 4 aliphatic rings. The van der Waals surface area contributed by atoms with Crippen LogP contribution < -0.4 is 21.7 Å². The maximum atomic E-state index is 5.06. The Kier molecular flexibility index (Phi) is 1.86. The van der Waals surface area contributed by atoms with Crippen molar-refractivity contribution < 1.29 is 0 Å². The highest BCUT2D eigenvalue weighted by Gasteiger charge is 2.61. The molecule has 1 aliphatic heterocycles. The Balaban J connectivity index is 1.61. The van der Waals surface area contributed by atoms with Gasteiger partial charge < -0.3 is 0 Å². The molecule has 0 radical (unpaired) electrons. The van der Waals surface area contributed by atoms with Gasteiger partial charge in [-0.2, -0.15) is 0 Å². The molecule has 1 heterocycles. The van der Waals surface area contributed by atoms with E-state index in [2.05, 4.69) is 21.7 Å². The maximum Gasteiger partial charge on any atom is 0.195 e. The van der Waals surface area contributed by atoms with Gasteiger partial charge >= 0.3 is 0 Å². The molecule has 4 fully saturated rings. The molecule has 3 saturated carbocycles. The van der Waals surface area contributed by atoms with Crippen LogP contribution in [0.2, 0.25) is 0 Å². The van der Waals surface area contributed by atoms with Crippen molar-refractivity contribution in [2.24, 2.45) is 23.7 Å². The topological polar surface area (TPSA) is 48.1 Å². The van der Waals surface area contributed by atoms with E-state index in [1.807, 2.05) is 0 Å². The van der Waals surface area contributed by atoms with Crippen LogP contribution in [-0.4, -0.2) is 10.8 Å². The molecule has 4 atom stereocenters. The number of hydrogen-bond acceptors (Lipinski definition) is 3. The summed E-state index contributed by atoms with van der Waals surface area (Å²) >= 11 is 5.06. The number of nitrogens with one attached hydrogen (secondary N) is 4. The minimum Gasteiger partial charge on any atom is -0.295 e. The van der Waals surface area contributed by atoms with Crippen LogP contribution in [0.25, 0.3) is 0 Å². The van der Waals surface area contributed by atoms with E-state index in [0.29, 0.717) is 5.11 Å². The number of hydrazine groups is 2. The third kappa shape index (κ3) is 1.09. The summed E-state index contributed by atoms with van der Waals surface area (Å²) in [7, 11) is 0. The molecule has 16 heavy (non-hydrogen) atoms. The standard InChI is InChI=1S/C11H18N4S/c16-10-12-14-11(15-13-10)5-6-4-9(11)8-3-1-2-7(6)8/h6-9,14-15H,1-5H2,(H2,12,13,16)/t6-,7+,8+,9+/m1/s1. The maximum absolute atomic E-state index is 5.06. The molecule has 0 amide bonds. The summed E-state index contributed by atoms with van der Waals surface area (Å²) in [6.07, 6.45) is 6.98. The van der Waals surface area contributed by atoms with Crippen LogP contribution in [0.5, 0.6) is 0 Å². The molecule has 2 bridgehead atoms. The van der Waals surface area contributed by atoms with Gasteiger partial charge in [0, 0.05) is 0 Å². The van der Waals surface area contributed by atoms with Crippen molar-refractivity contribution in [1.29, 1.82) is 0 Å². The summed E-state index contributed by atoms with van der Waals surface area (Å²) < 4.78 is 0. The molecule has 4 nitrogen and oxygen atoms in total. The predicted octanol–water partition coefficient (Wildman–Crippen LogP) is 0.626. The molecule has 3 aliphatic carbocycles. The highest BCUT2D eigenvalue weighted by atomic mass is 32.1. The van der Waals surface area contributed by atoms with Crippen molar-refractivity contribution in [3.63, 3.8) is 0 Å². The van der Waals surface area contributed by atoms with Gasteiger partial charge in [-0.1, -0.05) is 6.42 Å². The Labute approximate surface area is 101 Å². The van der Waals surface area contributed by atoms with Crippen molar-refractivity contribution >= 4 is 17.3 Å². The Hall–Kier alpha value is -0.390. The van der Waals surface area contributed by atoms with Crippen molar-refractivity contribution in [3.05, 3.63) is 0 Å². The first-order valence-electron chi connectivity index (χ1n) is 6.39. The Morgan fingerprint density at radius 1 is 1.12 bits per heavy atom. The van der Waals surface area contributed by atoms with Crippen LogP contribution in [0.1, 0.15) is 32.1 Å². The van der Waals surface area contributed by atoms with Crippen molar-refractivity contribution in [3.8, 4) is 0 Å². The van der Waals surface area contributed by atoms with Gasteiger partial charge in [-0.15, -0.1) is 0 Å². The average molecular weight is 238 g/mol. The van der Waals surface area contributed by atoms with Crippen LogP contribution >= 0.6 is 12.2 Å². The molecule has 0 unspecified atom stereocenters. The highest BCUT2D eigenvalue weighted by molar-refractivity contribution is 7.80. The normalized spacial score (nSPS) is 47.9. The smallest absolute Gasteiger partial charge is 0.195 e. The van der Waals surface area contributed by atoms with E-state index in [1.165, 1.54) is 32.1 Å². The van der Waals surface area contributed by atoms with Gasteiger partial charge in [0.1, 0.15) is 5.66 Å². The lowest BCUT2D eigenvalue weighted by Crippen LogP contribution is -2.76. The second kappa shape index (κ2) is 3.09. The van der Waals surface area contributed by atoms with Gasteiger partial charge in [0.15, 0.2) is 5.11 Å². The van der Waals surface area contributed by atoms with Crippen LogP contribution in [0.4, 0.5) is 0 Å². The summed E-state index contributed by atoms with van der Waals surface area (Å²) in [5, 5.41) is 0.649. The van der Waals surface area contributed by atoms with Crippen molar-refractivity contribution in [1.82, 2.24) is 21.7 Å². The monoisotopic (exact) mass is 238 g/mol. The molecule has 1 spiro atoms. The summed E-state index contributed by atoms with van der Waals surface area (Å²) in [6.45, 7) is 0. The van der Waals surface area contributed by atoms with Gasteiger partial charge in [0.05, 0.1) is 0 Å². The first-order valence-corrected chi connectivity index (χ1v) is 6.80. The second-order valence-corrected chi connectivity index (χ2v) is 6.27. The molecule has 4 N–H and O–H groups in total. The Morgan fingerprint density at radius 3 is 2.69 bits per heavy atom. The fraction of sp³-hybridized carbons (Fsp3) is 0.909. The SMILES string of the molecule is S=C1NNC2(C[C@H]3C[C@H]2[C@H]2CCC[C@@H]32)NN1. The summed E-state index contributed by atoms with van der Waals surface area (Å²) in [5.41, 5.74) is 13.1. The molecule has 4 rings (SSSR count). The summed E-state index contributed by atoms with van der Waals surface area (Å²) in [5.74, 6) is 3.66. The van der Waals surface area contributed by atoms with Crippen molar-refractivity contribution in [2.75, 3.05) is 0 Å². The van der Waals surface area contributed by atoms with Crippen LogP contribution in [0, 0.1) is 23.7 Å². The first-order chi connectivity index (χ1) is 7.78. The number of fused-ring (bicyclic) bond motifs is 6. The fourth-order valence-corrected chi connectivity index (χ4v) is 4.93. The van der Waals surface area contributed by atoms with E-state index in [0.717, 1.165) is 23.7 Å². The minimum absolute atomic E-state index is 0.0541. The minimum atomic E-state index is 0.0541. The van der Waals surface area contributed by atoms with Crippen LogP contribution in [-0.2, 0) is 0 Å². The average Bonchev–Trinajstić information content (AvgIpc) is 2.93. The molecule has 1 saturated heterocycles. The lowest BCUT2D eigenvalue weighted by atomic mass is 9.76. The van der Waals surface area contributed by atoms with E-state index < -0.39 is 0 Å². The Bertz CT molecular complexity index is 335. The number of thiocarbonyl (C=S) groups is 1. The first kappa shape index (κ1) is 9.62. The van der Waals surface area contributed by atoms with E-state index in [-0.39, 0.29) is 5.66 Å². The van der Waals surface area contributed by atoms with Gasteiger partial charge in [-0.3, -0.25) is 10.9 Å². The largest absolute Gasteiger partial charge is 0.295 e. The zero-order chi connectivity index (χ0) is 10.8. The molecule has 0 aromatic heterocycles. The second-order valence-electron chi connectivity index (χ2n) is 5.87. The van der Waals surface area contributed by atoms with Crippen LogP contribution in [0.3, 0.4) is 0 Å². The predicted molar refractivity (Wildman–Crippen MR) is 64.9 cm³/mol. The molecular formula is C11H18N4S. The lowest BCUT2D eigenvalue weighted by molar-refractivity contribution is 0.0646. The van der Waals surface area contributed by atoms with E-state index in [9.17, 15) is 0 Å². The zero-order valence-corrected chi connectivity index (χ0v) is 10.1. The van der Waals surface area contributed by atoms with Gasteiger partial charge in [0.2, 0.25) is 0 Å². The molecule has 88 valence electrons. The van der Waals surface area contributed by atoms with Crippen LogP contribution in [0.15, 0.2) is 0 Å². The fourth-order valence-electron chi connectivity index (χ4n) is 4.83. The van der Waals surface area contributed by atoms with Gasteiger partial charge in [-0.05, 0) is 61.6 Å². The highest BCUT2D eigenvalue weighted by Crippen LogP contribution is 2.61. The Morgan fingerprint density at radius 2 is 1.88 bits per heavy atom. The molecular weight excluding hydrogens is 220 g/mol. The summed E-state index contributed by atoms with van der Waals surface area (Å²) in [4.78, 5) is 0. The number of hydrogen-bond donors (Lipinski definition) is 4. The molecule has 0 aromatic carbocycles. The van der Waals surface area contributed by atoms with E-state index in [1.54, 1.807) is 0 Å². The quantitative estimate of drug-likeness (QED) is 0.466. The zero-order valence-electron chi connectivity index (χ0n) is 9.25. The third-order valence-electron chi connectivity index (χ3n) is 5.32. The number of rotatable bonds is 0.